The summed E-state index contributed by atoms with van der Waals surface area (Å²) in [5, 5.41) is 3.67. The molecule has 0 aliphatic heterocycles. The van der Waals surface area contributed by atoms with Crippen molar-refractivity contribution < 1.29 is 4.42 Å². The molecule has 2 rings (SSSR count). The van der Waals surface area contributed by atoms with Crippen molar-refractivity contribution in [1.82, 2.24) is 5.32 Å². The lowest BCUT2D eigenvalue weighted by molar-refractivity contribution is 0.442. The Balaban J connectivity index is 2.59. The minimum atomic E-state index is 0.138. The summed E-state index contributed by atoms with van der Waals surface area (Å²) in [5.41, 5.74) is 8.01. The molecule has 2 heteroatoms. The number of nitrogens with one attached hydrogen (secondary N) is 1. The van der Waals surface area contributed by atoms with Crippen LogP contribution in [0.5, 0.6) is 0 Å². The smallest absolute Gasteiger partial charge is 0.128 e. The fraction of sp³-hybridized carbons (Fsp3) is 0.474. The Morgan fingerprint density at radius 2 is 1.62 bits per heavy atom. The Bertz CT molecular complexity index is 598. The Morgan fingerprint density at radius 1 is 1.00 bits per heavy atom. The Hall–Kier alpha value is -1.54. The number of aryl methyl sites for hydroxylation is 3. The van der Waals surface area contributed by atoms with Crippen molar-refractivity contribution in [3.8, 4) is 0 Å². The molecule has 0 amide bonds. The zero-order chi connectivity index (χ0) is 15.6. The van der Waals surface area contributed by atoms with Gasteiger partial charge in [-0.15, -0.1) is 0 Å². The first-order valence-corrected chi connectivity index (χ1v) is 7.82. The van der Waals surface area contributed by atoms with Crippen LogP contribution in [-0.4, -0.2) is 6.54 Å². The second-order valence-electron chi connectivity index (χ2n) is 6.03. The number of rotatable bonds is 5. The van der Waals surface area contributed by atoms with Gasteiger partial charge in [-0.1, -0.05) is 13.0 Å². The molecule has 0 bridgehead atoms. The molecule has 1 unspecified atom stereocenters. The highest BCUT2D eigenvalue weighted by molar-refractivity contribution is 5.48. The minimum Gasteiger partial charge on any atom is -0.467 e. The standard InChI is InChI=1S/C19H27NO/c1-7-9-20-18(19-12(2)8-10-21-19)17-15(5)13(3)11-14(4)16(17)6/h8,10-11,18,20H,7,9H2,1-6H3. The van der Waals surface area contributed by atoms with Crippen LogP contribution in [0.2, 0.25) is 0 Å². The van der Waals surface area contributed by atoms with Crippen LogP contribution in [-0.2, 0) is 0 Å². The van der Waals surface area contributed by atoms with E-state index in [1.54, 1.807) is 6.26 Å². The zero-order valence-electron chi connectivity index (χ0n) is 14.1. The lowest BCUT2D eigenvalue weighted by atomic mass is 9.88. The van der Waals surface area contributed by atoms with Crippen LogP contribution in [0.1, 0.15) is 58.5 Å². The van der Waals surface area contributed by atoms with Crippen molar-refractivity contribution >= 4 is 0 Å². The summed E-state index contributed by atoms with van der Waals surface area (Å²) >= 11 is 0. The maximum absolute atomic E-state index is 5.81. The quantitative estimate of drug-likeness (QED) is 0.844. The zero-order valence-corrected chi connectivity index (χ0v) is 14.1. The van der Waals surface area contributed by atoms with Crippen LogP contribution < -0.4 is 5.32 Å². The lowest BCUT2D eigenvalue weighted by Crippen LogP contribution is -2.25. The summed E-state index contributed by atoms with van der Waals surface area (Å²) in [4.78, 5) is 0. The number of hydrogen-bond donors (Lipinski definition) is 1. The molecule has 1 aromatic heterocycles. The Morgan fingerprint density at radius 3 is 2.10 bits per heavy atom. The van der Waals surface area contributed by atoms with Crippen LogP contribution in [0, 0.1) is 34.6 Å². The molecule has 2 nitrogen and oxygen atoms in total. The van der Waals surface area contributed by atoms with Crippen molar-refractivity contribution in [2.24, 2.45) is 0 Å². The molecule has 0 fully saturated rings. The second-order valence-corrected chi connectivity index (χ2v) is 6.03. The monoisotopic (exact) mass is 285 g/mol. The summed E-state index contributed by atoms with van der Waals surface area (Å²) in [6.07, 6.45) is 2.90. The van der Waals surface area contributed by atoms with Gasteiger partial charge >= 0.3 is 0 Å². The van der Waals surface area contributed by atoms with Gasteiger partial charge < -0.3 is 9.73 Å². The molecule has 1 heterocycles. The molecule has 2 aromatic rings. The van der Waals surface area contributed by atoms with E-state index in [0.717, 1.165) is 18.7 Å². The van der Waals surface area contributed by atoms with E-state index in [2.05, 4.69) is 52.9 Å². The van der Waals surface area contributed by atoms with Crippen LogP contribution in [0.3, 0.4) is 0 Å². The topological polar surface area (TPSA) is 25.2 Å². The number of furan rings is 1. The van der Waals surface area contributed by atoms with E-state index in [9.17, 15) is 0 Å². The average Bonchev–Trinajstić information content (AvgIpc) is 2.86. The van der Waals surface area contributed by atoms with Crippen molar-refractivity contribution in [2.45, 2.75) is 54.0 Å². The molecule has 0 aliphatic rings. The van der Waals surface area contributed by atoms with E-state index < -0.39 is 0 Å². The Kier molecular flexibility index (Phi) is 4.89. The summed E-state index contributed by atoms with van der Waals surface area (Å²) in [7, 11) is 0. The number of hydrogen-bond acceptors (Lipinski definition) is 2. The van der Waals surface area contributed by atoms with Crippen LogP contribution in [0.4, 0.5) is 0 Å². The maximum atomic E-state index is 5.81. The van der Waals surface area contributed by atoms with E-state index in [4.69, 9.17) is 4.42 Å². The second kappa shape index (κ2) is 6.48. The van der Waals surface area contributed by atoms with E-state index in [-0.39, 0.29) is 6.04 Å². The minimum absolute atomic E-state index is 0.138. The summed E-state index contributed by atoms with van der Waals surface area (Å²) < 4.78 is 5.81. The normalized spacial score (nSPS) is 12.7. The molecule has 0 saturated heterocycles. The van der Waals surface area contributed by atoms with Gasteiger partial charge in [0.1, 0.15) is 5.76 Å². The highest BCUT2D eigenvalue weighted by atomic mass is 16.3. The molecule has 114 valence electrons. The van der Waals surface area contributed by atoms with E-state index in [0.29, 0.717) is 0 Å². The lowest BCUT2D eigenvalue weighted by Gasteiger charge is -2.24. The molecule has 1 N–H and O–H groups in total. The molecule has 0 radical (unpaired) electrons. The van der Waals surface area contributed by atoms with Gasteiger partial charge in [0.05, 0.1) is 12.3 Å². The third-order valence-electron chi connectivity index (χ3n) is 4.48. The van der Waals surface area contributed by atoms with Crippen molar-refractivity contribution in [3.05, 3.63) is 57.5 Å². The van der Waals surface area contributed by atoms with E-state index >= 15 is 0 Å². The van der Waals surface area contributed by atoms with Gasteiger partial charge in [-0.05, 0) is 87.0 Å². The first-order chi connectivity index (χ1) is 9.97. The molecular weight excluding hydrogens is 258 g/mol. The van der Waals surface area contributed by atoms with Gasteiger partial charge in [-0.2, -0.15) is 0 Å². The van der Waals surface area contributed by atoms with Crippen molar-refractivity contribution in [2.75, 3.05) is 6.54 Å². The largest absolute Gasteiger partial charge is 0.467 e. The predicted molar refractivity (Wildman–Crippen MR) is 89.0 cm³/mol. The predicted octanol–water partition coefficient (Wildman–Crippen LogP) is 4.91. The van der Waals surface area contributed by atoms with E-state index in [1.807, 2.05) is 6.07 Å². The number of benzene rings is 1. The summed E-state index contributed by atoms with van der Waals surface area (Å²) in [6, 6.07) is 4.46. The van der Waals surface area contributed by atoms with Gasteiger partial charge in [0, 0.05) is 0 Å². The molecule has 21 heavy (non-hydrogen) atoms. The molecule has 0 spiro atoms. The highest BCUT2D eigenvalue weighted by Crippen LogP contribution is 2.33. The average molecular weight is 285 g/mol. The van der Waals surface area contributed by atoms with Gasteiger partial charge in [0.2, 0.25) is 0 Å². The molecular formula is C19H27NO. The third kappa shape index (κ3) is 3.06. The first-order valence-electron chi connectivity index (χ1n) is 7.82. The molecule has 0 aliphatic carbocycles. The van der Waals surface area contributed by atoms with Crippen LogP contribution >= 0.6 is 0 Å². The van der Waals surface area contributed by atoms with Gasteiger partial charge in [0.25, 0.3) is 0 Å². The third-order valence-corrected chi connectivity index (χ3v) is 4.48. The highest BCUT2D eigenvalue weighted by Gasteiger charge is 2.23. The van der Waals surface area contributed by atoms with Gasteiger partial charge in [0.15, 0.2) is 0 Å². The fourth-order valence-electron chi connectivity index (χ4n) is 2.98. The SMILES string of the molecule is CCCNC(c1occc1C)c1c(C)c(C)cc(C)c1C. The van der Waals surface area contributed by atoms with Gasteiger partial charge in [-0.3, -0.25) is 0 Å². The fourth-order valence-corrected chi connectivity index (χ4v) is 2.98. The van der Waals surface area contributed by atoms with Crippen molar-refractivity contribution in [3.63, 3.8) is 0 Å². The molecule has 0 saturated carbocycles. The van der Waals surface area contributed by atoms with Crippen molar-refractivity contribution in [1.29, 1.82) is 0 Å². The van der Waals surface area contributed by atoms with Crippen LogP contribution in [0.25, 0.3) is 0 Å². The van der Waals surface area contributed by atoms with Crippen LogP contribution in [0.15, 0.2) is 22.8 Å². The van der Waals surface area contributed by atoms with E-state index in [1.165, 1.54) is 33.4 Å². The maximum Gasteiger partial charge on any atom is 0.128 e. The summed E-state index contributed by atoms with van der Waals surface area (Å²) in [6.45, 7) is 14.1. The summed E-state index contributed by atoms with van der Waals surface area (Å²) in [5.74, 6) is 1.04. The first kappa shape index (κ1) is 15.8. The molecule has 1 atom stereocenters. The van der Waals surface area contributed by atoms with Gasteiger partial charge in [-0.25, -0.2) is 0 Å². The Labute approximate surface area is 128 Å². The molecule has 1 aromatic carbocycles.